The smallest absolute Gasteiger partial charge is 0.255 e. The fraction of sp³-hybridized carbons (Fsp3) is 0.478. The summed E-state index contributed by atoms with van der Waals surface area (Å²) in [5.41, 5.74) is 3.42. The minimum absolute atomic E-state index is 0.0273. The summed E-state index contributed by atoms with van der Waals surface area (Å²) in [6, 6.07) is 12.4. The Hall–Kier alpha value is -2.40. The second-order valence-electron chi connectivity index (χ2n) is 8.50. The van der Waals surface area contributed by atoms with Crippen LogP contribution in [0.1, 0.15) is 48.2 Å². The van der Waals surface area contributed by atoms with E-state index in [0.29, 0.717) is 12.1 Å². The Balaban J connectivity index is 1.42. The van der Waals surface area contributed by atoms with Gasteiger partial charge < -0.3 is 10.2 Å². The van der Waals surface area contributed by atoms with Crippen LogP contribution in [0.5, 0.6) is 0 Å². The molecule has 3 heterocycles. The highest BCUT2D eigenvalue weighted by Gasteiger charge is 2.30. The predicted molar refractivity (Wildman–Crippen MR) is 113 cm³/mol. The highest BCUT2D eigenvalue weighted by molar-refractivity contribution is 5.99. The van der Waals surface area contributed by atoms with Gasteiger partial charge in [0.05, 0.1) is 5.56 Å². The third-order valence-corrected chi connectivity index (χ3v) is 6.11. The number of rotatable bonds is 5. The average molecular weight is 379 g/mol. The molecule has 1 fully saturated rings. The van der Waals surface area contributed by atoms with Crippen molar-refractivity contribution in [2.75, 3.05) is 31.1 Å². The molecule has 0 spiro atoms. The van der Waals surface area contributed by atoms with Gasteiger partial charge in [0.15, 0.2) is 0 Å². The lowest BCUT2D eigenvalue weighted by Gasteiger charge is -2.41. The Kier molecular flexibility index (Phi) is 5.36. The molecule has 0 radical (unpaired) electrons. The summed E-state index contributed by atoms with van der Waals surface area (Å²) in [7, 11) is 0. The summed E-state index contributed by atoms with van der Waals surface area (Å²) in [5.74, 6) is 0.794. The van der Waals surface area contributed by atoms with Gasteiger partial charge in [0, 0.05) is 44.5 Å². The maximum Gasteiger partial charge on any atom is 0.255 e. The molecule has 0 atom stereocenters. The van der Waals surface area contributed by atoms with E-state index in [0.717, 1.165) is 38.4 Å². The fourth-order valence-corrected chi connectivity index (χ4v) is 4.27. The molecule has 28 heavy (non-hydrogen) atoms. The number of anilines is 1. The minimum atomic E-state index is -0.112. The molecule has 1 amide bonds. The minimum Gasteiger partial charge on any atom is -0.356 e. The first kappa shape index (κ1) is 18.9. The normalized spacial score (nSPS) is 17.4. The van der Waals surface area contributed by atoms with Gasteiger partial charge in [0.25, 0.3) is 5.91 Å². The van der Waals surface area contributed by atoms with Crippen LogP contribution in [0.15, 0.2) is 42.6 Å². The van der Waals surface area contributed by atoms with E-state index >= 15 is 0 Å². The lowest BCUT2D eigenvalue weighted by Crippen LogP contribution is -2.53. The number of aromatic nitrogens is 1. The van der Waals surface area contributed by atoms with Crippen molar-refractivity contribution in [3.05, 3.63) is 59.3 Å². The van der Waals surface area contributed by atoms with Crippen molar-refractivity contribution in [1.82, 2.24) is 15.2 Å². The Labute approximate surface area is 167 Å². The van der Waals surface area contributed by atoms with Crippen LogP contribution in [0, 0.1) is 0 Å². The zero-order valence-corrected chi connectivity index (χ0v) is 16.9. The number of hydrogen-bond donors (Lipinski definition) is 1. The molecule has 1 aromatic carbocycles. The molecular weight excluding hydrogens is 348 g/mol. The number of pyridine rings is 1. The summed E-state index contributed by atoms with van der Waals surface area (Å²) in [4.78, 5) is 22.1. The maximum atomic E-state index is 13.0. The molecule has 4 rings (SSSR count). The van der Waals surface area contributed by atoms with Crippen LogP contribution in [0.4, 0.5) is 5.82 Å². The average Bonchev–Trinajstić information content (AvgIpc) is 3.26. The van der Waals surface area contributed by atoms with Crippen molar-refractivity contribution < 1.29 is 4.79 Å². The molecule has 5 nitrogen and oxygen atoms in total. The van der Waals surface area contributed by atoms with Gasteiger partial charge in [-0.1, -0.05) is 24.3 Å². The van der Waals surface area contributed by atoms with E-state index in [1.54, 1.807) is 6.20 Å². The maximum absolute atomic E-state index is 13.0. The number of nitrogens with one attached hydrogen (secondary N) is 1. The van der Waals surface area contributed by atoms with Crippen molar-refractivity contribution in [3.63, 3.8) is 0 Å². The van der Waals surface area contributed by atoms with E-state index in [9.17, 15) is 4.79 Å². The summed E-state index contributed by atoms with van der Waals surface area (Å²) in [6.45, 7) is 8.96. The van der Waals surface area contributed by atoms with Gasteiger partial charge in [-0.25, -0.2) is 4.98 Å². The topological polar surface area (TPSA) is 48.5 Å². The molecule has 0 bridgehead atoms. The molecule has 148 valence electrons. The zero-order valence-electron chi connectivity index (χ0n) is 16.9. The fourth-order valence-electron chi connectivity index (χ4n) is 4.27. The summed E-state index contributed by atoms with van der Waals surface area (Å²) < 4.78 is 0. The molecule has 0 saturated carbocycles. The van der Waals surface area contributed by atoms with E-state index < -0.39 is 0 Å². The van der Waals surface area contributed by atoms with Crippen LogP contribution < -0.4 is 10.2 Å². The first-order valence-corrected chi connectivity index (χ1v) is 10.3. The van der Waals surface area contributed by atoms with E-state index in [-0.39, 0.29) is 11.4 Å². The number of amides is 1. The SMILES string of the molecule is CC(C)(CNC(=O)c1cccnc1N1CCCC1)N1CCc2ccccc2C1. The number of fused-ring (bicyclic) bond motifs is 1. The van der Waals surface area contributed by atoms with Crippen LogP contribution in [0.2, 0.25) is 0 Å². The molecule has 2 aromatic rings. The van der Waals surface area contributed by atoms with Crippen molar-refractivity contribution in [2.45, 2.75) is 45.2 Å². The second-order valence-corrected chi connectivity index (χ2v) is 8.50. The molecule has 1 aromatic heterocycles. The summed E-state index contributed by atoms with van der Waals surface area (Å²) in [6.07, 6.45) is 5.18. The number of nitrogens with zero attached hydrogens (tertiary/aromatic N) is 3. The standard InChI is InChI=1S/C23H30N4O/c1-23(2,27-15-11-18-8-3-4-9-19(18)16-27)17-25-22(28)20-10-7-12-24-21(20)26-13-5-6-14-26/h3-4,7-10,12H,5-6,11,13-17H2,1-2H3,(H,25,28). The van der Waals surface area contributed by atoms with Crippen molar-refractivity contribution >= 4 is 11.7 Å². The molecule has 1 saturated heterocycles. The lowest BCUT2D eigenvalue weighted by molar-refractivity contribution is 0.0826. The van der Waals surface area contributed by atoms with Crippen LogP contribution >= 0.6 is 0 Å². The largest absolute Gasteiger partial charge is 0.356 e. The molecule has 1 N–H and O–H groups in total. The molecule has 2 aliphatic heterocycles. The second kappa shape index (κ2) is 7.92. The van der Waals surface area contributed by atoms with E-state index in [1.165, 1.54) is 24.0 Å². The predicted octanol–water partition coefficient (Wildman–Crippen LogP) is 3.25. The Morgan fingerprint density at radius 1 is 1.07 bits per heavy atom. The Bertz CT molecular complexity index is 842. The highest BCUT2D eigenvalue weighted by atomic mass is 16.1. The Morgan fingerprint density at radius 2 is 1.82 bits per heavy atom. The quantitative estimate of drug-likeness (QED) is 0.868. The van der Waals surface area contributed by atoms with Crippen LogP contribution in [0.25, 0.3) is 0 Å². The molecule has 5 heteroatoms. The van der Waals surface area contributed by atoms with Gasteiger partial charge in [-0.3, -0.25) is 9.69 Å². The van der Waals surface area contributed by atoms with Crippen LogP contribution in [-0.4, -0.2) is 47.5 Å². The van der Waals surface area contributed by atoms with Crippen molar-refractivity contribution in [3.8, 4) is 0 Å². The number of carbonyl (C=O) groups excluding carboxylic acids is 1. The van der Waals surface area contributed by atoms with Crippen molar-refractivity contribution in [1.29, 1.82) is 0 Å². The number of benzene rings is 1. The van der Waals surface area contributed by atoms with E-state index in [4.69, 9.17) is 0 Å². The van der Waals surface area contributed by atoms with Crippen molar-refractivity contribution in [2.24, 2.45) is 0 Å². The summed E-state index contributed by atoms with van der Waals surface area (Å²) >= 11 is 0. The number of carbonyl (C=O) groups is 1. The lowest BCUT2D eigenvalue weighted by atomic mass is 9.94. The van der Waals surface area contributed by atoms with Gasteiger partial charge in [-0.15, -0.1) is 0 Å². The van der Waals surface area contributed by atoms with Crippen LogP contribution in [-0.2, 0) is 13.0 Å². The van der Waals surface area contributed by atoms with E-state index in [1.807, 2.05) is 12.1 Å². The third-order valence-electron chi connectivity index (χ3n) is 6.11. The molecule has 2 aliphatic rings. The van der Waals surface area contributed by atoms with Gasteiger partial charge in [-0.05, 0) is 56.4 Å². The number of hydrogen-bond acceptors (Lipinski definition) is 4. The van der Waals surface area contributed by atoms with Gasteiger partial charge in [0.2, 0.25) is 0 Å². The first-order chi connectivity index (χ1) is 13.5. The molecule has 0 aliphatic carbocycles. The van der Waals surface area contributed by atoms with Gasteiger partial charge in [-0.2, -0.15) is 0 Å². The third kappa shape index (κ3) is 3.90. The molecular formula is C23H30N4O. The monoisotopic (exact) mass is 378 g/mol. The zero-order chi connectivity index (χ0) is 19.6. The van der Waals surface area contributed by atoms with E-state index in [2.05, 4.69) is 58.2 Å². The van der Waals surface area contributed by atoms with Gasteiger partial charge in [0.1, 0.15) is 5.82 Å². The highest BCUT2D eigenvalue weighted by Crippen LogP contribution is 2.26. The van der Waals surface area contributed by atoms with Crippen LogP contribution in [0.3, 0.4) is 0 Å². The summed E-state index contributed by atoms with van der Waals surface area (Å²) in [5, 5.41) is 3.18. The molecule has 0 unspecified atom stereocenters. The Morgan fingerprint density at radius 3 is 2.61 bits per heavy atom. The first-order valence-electron chi connectivity index (χ1n) is 10.3. The van der Waals surface area contributed by atoms with Gasteiger partial charge >= 0.3 is 0 Å².